The highest BCUT2D eigenvalue weighted by Crippen LogP contribution is 2.32. The topological polar surface area (TPSA) is 53.5 Å². The molecule has 1 saturated heterocycles. The number of nitrogens with zero attached hydrogens (tertiary/aromatic N) is 3. The predicted molar refractivity (Wildman–Crippen MR) is 82.8 cm³/mol. The standard InChI is InChI=1S/C17H23N3O2/c1-12(15-5-3-4-8-18-15)19(2)17(22)14-9-16(21)20(11-14)10-13-6-7-13/h3-5,8,12-14H,6-7,9-11H2,1-2H3. The van der Waals surface area contributed by atoms with E-state index < -0.39 is 0 Å². The highest BCUT2D eigenvalue weighted by Gasteiger charge is 2.38. The molecule has 0 spiro atoms. The molecule has 3 rings (SSSR count). The van der Waals surface area contributed by atoms with Gasteiger partial charge in [-0.15, -0.1) is 0 Å². The van der Waals surface area contributed by atoms with Gasteiger partial charge in [0.1, 0.15) is 0 Å². The molecule has 0 radical (unpaired) electrons. The third-order valence-corrected chi connectivity index (χ3v) is 4.78. The molecule has 1 aliphatic carbocycles. The molecule has 1 aliphatic heterocycles. The van der Waals surface area contributed by atoms with Crippen LogP contribution >= 0.6 is 0 Å². The van der Waals surface area contributed by atoms with Gasteiger partial charge in [0.15, 0.2) is 0 Å². The van der Waals surface area contributed by atoms with E-state index in [1.165, 1.54) is 12.8 Å². The van der Waals surface area contributed by atoms with Gasteiger partial charge < -0.3 is 9.80 Å². The molecule has 5 heteroatoms. The molecule has 5 nitrogen and oxygen atoms in total. The van der Waals surface area contributed by atoms with E-state index in [4.69, 9.17) is 0 Å². The molecule has 2 atom stereocenters. The Balaban J connectivity index is 1.62. The van der Waals surface area contributed by atoms with Gasteiger partial charge in [-0.25, -0.2) is 0 Å². The molecule has 2 unspecified atom stereocenters. The van der Waals surface area contributed by atoms with Crippen LogP contribution in [0.4, 0.5) is 0 Å². The second-order valence-corrected chi connectivity index (χ2v) is 6.52. The molecule has 1 saturated carbocycles. The Morgan fingerprint density at radius 2 is 2.23 bits per heavy atom. The van der Waals surface area contributed by atoms with Gasteiger partial charge in [-0.1, -0.05) is 6.07 Å². The van der Waals surface area contributed by atoms with E-state index in [9.17, 15) is 9.59 Å². The van der Waals surface area contributed by atoms with E-state index in [-0.39, 0.29) is 23.8 Å². The SMILES string of the molecule is CC(c1ccccn1)N(C)C(=O)C1CC(=O)N(CC2CC2)C1. The number of aromatic nitrogens is 1. The van der Waals surface area contributed by atoms with Crippen molar-refractivity contribution in [2.75, 3.05) is 20.1 Å². The summed E-state index contributed by atoms with van der Waals surface area (Å²) in [5.74, 6) is 0.638. The van der Waals surface area contributed by atoms with E-state index in [0.29, 0.717) is 18.9 Å². The highest BCUT2D eigenvalue weighted by molar-refractivity contribution is 5.89. The van der Waals surface area contributed by atoms with E-state index in [1.54, 1.807) is 18.1 Å². The van der Waals surface area contributed by atoms with Crippen molar-refractivity contribution in [3.63, 3.8) is 0 Å². The summed E-state index contributed by atoms with van der Waals surface area (Å²) in [6, 6.07) is 5.63. The van der Waals surface area contributed by atoms with Crippen molar-refractivity contribution in [2.24, 2.45) is 11.8 Å². The van der Waals surface area contributed by atoms with Crippen LogP contribution in [-0.2, 0) is 9.59 Å². The first kappa shape index (κ1) is 15.0. The summed E-state index contributed by atoms with van der Waals surface area (Å²) in [5, 5.41) is 0. The fourth-order valence-electron chi connectivity index (χ4n) is 3.03. The first-order valence-electron chi connectivity index (χ1n) is 8.01. The van der Waals surface area contributed by atoms with Gasteiger partial charge >= 0.3 is 0 Å². The van der Waals surface area contributed by atoms with Crippen molar-refractivity contribution in [1.29, 1.82) is 0 Å². The molecule has 1 aromatic rings. The van der Waals surface area contributed by atoms with Crippen molar-refractivity contribution in [1.82, 2.24) is 14.8 Å². The summed E-state index contributed by atoms with van der Waals surface area (Å²) in [6.07, 6.45) is 4.53. The van der Waals surface area contributed by atoms with Crippen LogP contribution < -0.4 is 0 Å². The first-order chi connectivity index (χ1) is 10.6. The van der Waals surface area contributed by atoms with Crippen LogP contribution in [0.15, 0.2) is 24.4 Å². The lowest BCUT2D eigenvalue weighted by Gasteiger charge is -2.27. The molecule has 118 valence electrons. The van der Waals surface area contributed by atoms with Crippen molar-refractivity contribution in [2.45, 2.75) is 32.2 Å². The van der Waals surface area contributed by atoms with Crippen LogP contribution in [-0.4, -0.2) is 46.7 Å². The maximum Gasteiger partial charge on any atom is 0.228 e. The zero-order chi connectivity index (χ0) is 15.7. The lowest BCUT2D eigenvalue weighted by molar-refractivity contribution is -0.136. The minimum Gasteiger partial charge on any atom is -0.342 e. The van der Waals surface area contributed by atoms with Gasteiger partial charge in [0.2, 0.25) is 11.8 Å². The summed E-state index contributed by atoms with van der Waals surface area (Å²) >= 11 is 0. The van der Waals surface area contributed by atoms with Crippen molar-refractivity contribution < 1.29 is 9.59 Å². The third-order valence-electron chi connectivity index (χ3n) is 4.78. The number of amides is 2. The molecule has 2 amide bonds. The van der Waals surface area contributed by atoms with Gasteiger partial charge in [-0.2, -0.15) is 0 Å². The smallest absolute Gasteiger partial charge is 0.228 e. The summed E-state index contributed by atoms with van der Waals surface area (Å²) in [7, 11) is 1.80. The average Bonchev–Trinajstić information content (AvgIpc) is 3.28. The number of rotatable bonds is 5. The Kier molecular flexibility index (Phi) is 4.14. The van der Waals surface area contributed by atoms with Crippen LogP contribution in [0.1, 0.15) is 37.9 Å². The first-order valence-corrected chi connectivity index (χ1v) is 8.01. The molecule has 2 aliphatic rings. The summed E-state index contributed by atoms with van der Waals surface area (Å²) in [5.41, 5.74) is 0.873. The Morgan fingerprint density at radius 1 is 1.45 bits per heavy atom. The molecular formula is C17H23N3O2. The quantitative estimate of drug-likeness (QED) is 0.834. The molecule has 0 bridgehead atoms. The maximum atomic E-state index is 12.7. The van der Waals surface area contributed by atoms with Crippen LogP contribution in [0.25, 0.3) is 0 Å². The molecule has 22 heavy (non-hydrogen) atoms. The Hall–Kier alpha value is -1.91. The minimum absolute atomic E-state index is 0.0461. The van der Waals surface area contributed by atoms with Crippen molar-refractivity contribution >= 4 is 11.8 Å². The van der Waals surface area contributed by atoms with Gasteiger partial charge in [0.05, 0.1) is 17.7 Å². The van der Waals surface area contributed by atoms with E-state index >= 15 is 0 Å². The van der Waals surface area contributed by atoms with E-state index in [1.807, 2.05) is 30.0 Å². The Labute approximate surface area is 131 Å². The minimum atomic E-state index is -0.206. The second-order valence-electron chi connectivity index (χ2n) is 6.52. The lowest BCUT2D eigenvalue weighted by Crippen LogP contribution is -2.36. The second kappa shape index (κ2) is 6.07. The van der Waals surface area contributed by atoms with E-state index in [2.05, 4.69) is 4.98 Å². The number of hydrogen-bond acceptors (Lipinski definition) is 3. The number of pyridine rings is 1. The zero-order valence-corrected chi connectivity index (χ0v) is 13.2. The third kappa shape index (κ3) is 3.13. The number of likely N-dealkylation sites (tertiary alicyclic amines) is 1. The van der Waals surface area contributed by atoms with Crippen LogP contribution in [0.5, 0.6) is 0 Å². The van der Waals surface area contributed by atoms with Crippen molar-refractivity contribution in [3.8, 4) is 0 Å². The molecular weight excluding hydrogens is 278 g/mol. The summed E-state index contributed by atoms with van der Waals surface area (Å²) < 4.78 is 0. The lowest BCUT2D eigenvalue weighted by atomic mass is 10.1. The monoisotopic (exact) mass is 301 g/mol. The molecule has 0 N–H and O–H groups in total. The normalized spacial score (nSPS) is 22.7. The largest absolute Gasteiger partial charge is 0.342 e. The molecule has 0 aromatic carbocycles. The Bertz CT molecular complexity index is 556. The van der Waals surface area contributed by atoms with Gasteiger partial charge in [0, 0.05) is 32.8 Å². The fraction of sp³-hybridized carbons (Fsp3) is 0.588. The number of carbonyl (C=O) groups excluding carboxylic acids is 2. The van der Waals surface area contributed by atoms with E-state index in [0.717, 1.165) is 12.2 Å². The predicted octanol–water partition coefficient (Wildman–Crippen LogP) is 1.86. The summed E-state index contributed by atoms with van der Waals surface area (Å²) in [4.78, 5) is 32.6. The Morgan fingerprint density at radius 3 is 2.86 bits per heavy atom. The van der Waals surface area contributed by atoms with Gasteiger partial charge in [-0.05, 0) is 37.8 Å². The van der Waals surface area contributed by atoms with Crippen LogP contribution in [0.3, 0.4) is 0 Å². The highest BCUT2D eigenvalue weighted by atomic mass is 16.2. The summed E-state index contributed by atoms with van der Waals surface area (Å²) in [6.45, 7) is 3.38. The van der Waals surface area contributed by atoms with Crippen molar-refractivity contribution in [3.05, 3.63) is 30.1 Å². The molecule has 2 fully saturated rings. The molecule has 2 heterocycles. The number of carbonyl (C=O) groups is 2. The van der Waals surface area contributed by atoms with Gasteiger partial charge in [0.25, 0.3) is 0 Å². The van der Waals surface area contributed by atoms with Crippen LogP contribution in [0.2, 0.25) is 0 Å². The van der Waals surface area contributed by atoms with Crippen LogP contribution in [0, 0.1) is 11.8 Å². The average molecular weight is 301 g/mol. The zero-order valence-electron chi connectivity index (χ0n) is 13.2. The fourth-order valence-corrected chi connectivity index (χ4v) is 3.03. The maximum absolute atomic E-state index is 12.7. The number of hydrogen-bond donors (Lipinski definition) is 0. The van der Waals surface area contributed by atoms with Gasteiger partial charge in [-0.3, -0.25) is 14.6 Å². The molecule has 1 aromatic heterocycles.